The Hall–Kier alpha value is -2.02. The molecule has 0 aliphatic rings. The summed E-state index contributed by atoms with van der Waals surface area (Å²) in [5.74, 6) is 0.711. The highest BCUT2D eigenvalue weighted by molar-refractivity contribution is 5.40. The lowest BCUT2D eigenvalue weighted by Gasteiger charge is -2.21. The lowest BCUT2D eigenvalue weighted by Crippen LogP contribution is -2.35. The third-order valence-electron chi connectivity index (χ3n) is 2.90. The van der Waals surface area contributed by atoms with Crippen LogP contribution in [0.2, 0.25) is 0 Å². The fourth-order valence-corrected chi connectivity index (χ4v) is 1.75. The molecule has 2 rings (SSSR count). The van der Waals surface area contributed by atoms with E-state index in [-0.39, 0.29) is 17.2 Å². The van der Waals surface area contributed by atoms with E-state index < -0.39 is 0 Å². The molecule has 0 aromatic carbocycles. The van der Waals surface area contributed by atoms with Crippen LogP contribution < -0.4 is 10.6 Å². The molecule has 21 heavy (non-hydrogen) atoms. The summed E-state index contributed by atoms with van der Waals surface area (Å²) in [6, 6.07) is 1.69. The first-order valence-corrected chi connectivity index (χ1v) is 6.92. The van der Waals surface area contributed by atoms with Crippen molar-refractivity contribution in [3.63, 3.8) is 0 Å². The maximum Gasteiger partial charge on any atom is 0.169 e. The van der Waals surface area contributed by atoms with Crippen LogP contribution in [0.15, 0.2) is 18.6 Å². The summed E-state index contributed by atoms with van der Waals surface area (Å²) >= 11 is 0. The lowest BCUT2D eigenvalue weighted by atomic mass is 10.1. The molecule has 2 aromatic rings. The highest BCUT2D eigenvalue weighted by Gasteiger charge is 2.13. The topological polar surface area (TPSA) is 78.5 Å². The van der Waals surface area contributed by atoms with E-state index in [2.05, 4.69) is 30.8 Å². The Morgan fingerprint density at radius 1 is 1.29 bits per heavy atom. The van der Waals surface area contributed by atoms with Gasteiger partial charge in [0.2, 0.25) is 0 Å². The van der Waals surface area contributed by atoms with Gasteiger partial charge in [-0.15, -0.1) is 0 Å². The molecule has 0 radical (unpaired) electrons. The van der Waals surface area contributed by atoms with Crippen LogP contribution in [0.3, 0.4) is 0 Å². The van der Waals surface area contributed by atoms with Crippen LogP contribution in [-0.2, 0) is 13.0 Å². The molecule has 0 fully saturated rings. The first kappa shape index (κ1) is 15.4. The van der Waals surface area contributed by atoms with Crippen molar-refractivity contribution < 1.29 is 4.39 Å². The van der Waals surface area contributed by atoms with E-state index in [1.54, 1.807) is 12.3 Å². The number of halogens is 1. The molecule has 114 valence electrons. The van der Waals surface area contributed by atoms with Gasteiger partial charge in [0.25, 0.3) is 0 Å². The molecule has 2 aromatic heterocycles. The summed E-state index contributed by atoms with van der Waals surface area (Å²) in [7, 11) is 0. The minimum absolute atomic E-state index is 0.0599. The lowest BCUT2D eigenvalue weighted by molar-refractivity contribution is 0.418. The van der Waals surface area contributed by atoms with Crippen LogP contribution in [0.1, 0.15) is 32.2 Å². The normalized spacial score (nSPS) is 11.6. The number of hydrogen-bond acceptors (Lipinski definition) is 5. The molecule has 0 bridgehead atoms. The van der Waals surface area contributed by atoms with E-state index in [1.807, 2.05) is 20.8 Å². The quantitative estimate of drug-likeness (QED) is 0.757. The van der Waals surface area contributed by atoms with Gasteiger partial charge < -0.3 is 10.6 Å². The summed E-state index contributed by atoms with van der Waals surface area (Å²) in [6.07, 6.45) is 3.69. The largest absolute Gasteiger partial charge is 0.367 e. The second-order valence-corrected chi connectivity index (χ2v) is 5.85. The van der Waals surface area contributed by atoms with Gasteiger partial charge in [0.05, 0.1) is 0 Å². The highest BCUT2D eigenvalue weighted by Crippen LogP contribution is 2.15. The third-order valence-corrected chi connectivity index (χ3v) is 2.90. The molecule has 0 spiro atoms. The second-order valence-electron chi connectivity index (χ2n) is 5.85. The molecular formula is C14H21FN6. The van der Waals surface area contributed by atoms with Gasteiger partial charge >= 0.3 is 0 Å². The minimum Gasteiger partial charge on any atom is -0.367 e. The van der Waals surface area contributed by atoms with Crippen molar-refractivity contribution in [2.24, 2.45) is 0 Å². The van der Waals surface area contributed by atoms with Gasteiger partial charge in [-0.1, -0.05) is 0 Å². The Kier molecular flexibility index (Phi) is 4.85. The fraction of sp³-hybridized carbons (Fsp3) is 0.500. The van der Waals surface area contributed by atoms with Crippen LogP contribution in [0, 0.1) is 5.82 Å². The molecule has 6 nitrogen and oxygen atoms in total. The van der Waals surface area contributed by atoms with Crippen LogP contribution in [0.25, 0.3) is 0 Å². The molecule has 0 atom stereocenters. The number of aromatic nitrogens is 4. The number of aromatic amines is 1. The predicted molar refractivity (Wildman–Crippen MR) is 79.4 cm³/mol. The molecule has 0 aliphatic carbocycles. The van der Waals surface area contributed by atoms with Crippen molar-refractivity contribution in [2.45, 2.75) is 39.3 Å². The van der Waals surface area contributed by atoms with Gasteiger partial charge in [0, 0.05) is 36.8 Å². The zero-order valence-electron chi connectivity index (χ0n) is 12.6. The fourth-order valence-electron chi connectivity index (χ4n) is 1.75. The first-order valence-electron chi connectivity index (χ1n) is 6.92. The van der Waals surface area contributed by atoms with Gasteiger partial charge in [-0.2, -0.15) is 5.10 Å². The number of pyridine rings is 1. The van der Waals surface area contributed by atoms with Crippen molar-refractivity contribution in [3.05, 3.63) is 35.8 Å². The Morgan fingerprint density at radius 3 is 2.76 bits per heavy atom. The summed E-state index contributed by atoms with van der Waals surface area (Å²) < 4.78 is 14.3. The van der Waals surface area contributed by atoms with Crippen molar-refractivity contribution >= 4 is 5.82 Å². The van der Waals surface area contributed by atoms with Gasteiger partial charge in [-0.05, 0) is 26.8 Å². The van der Waals surface area contributed by atoms with E-state index >= 15 is 0 Å². The standard InChI is InChI=1S/C14H21FN6/c1-14(2,3)19-8-10-4-6-16-13(12(10)15)17-7-5-11-18-9-20-21-11/h4,6,9,19H,5,7-8H2,1-3H3,(H,16,17)(H,18,20,21). The van der Waals surface area contributed by atoms with Gasteiger partial charge in [-0.25, -0.2) is 14.4 Å². The Morgan fingerprint density at radius 2 is 2.10 bits per heavy atom. The molecule has 0 saturated carbocycles. The third kappa shape index (κ3) is 4.78. The van der Waals surface area contributed by atoms with E-state index in [1.165, 1.54) is 6.33 Å². The van der Waals surface area contributed by atoms with Crippen molar-refractivity contribution in [2.75, 3.05) is 11.9 Å². The average Bonchev–Trinajstić information content (AvgIpc) is 2.91. The Bertz CT molecular complexity index is 561. The number of nitrogens with one attached hydrogen (secondary N) is 3. The number of anilines is 1. The highest BCUT2D eigenvalue weighted by atomic mass is 19.1. The number of nitrogens with zero attached hydrogens (tertiary/aromatic N) is 3. The number of rotatable bonds is 6. The SMILES string of the molecule is CC(C)(C)NCc1ccnc(NCCc2ncn[nH]2)c1F. The molecule has 2 heterocycles. The van der Waals surface area contributed by atoms with Crippen molar-refractivity contribution in [3.8, 4) is 0 Å². The summed E-state index contributed by atoms with van der Waals surface area (Å²) in [6.45, 7) is 7.14. The van der Waals surface area contributed by atoms with Gasteiger partial charge in [0.1, 0.15) is 12.2 Å². The number of hydrogen-bond donors (Lipinski definition) is 3. The Labute approximate surface area is 123 Å². The molecule has 0 aliphatic heterocycles. The molecule has 7 heteroatoms. The molecule has 3 N–H and O–H groups in total. The number of H-pyrrole nitrogens is 1. The predicted octanol–water partition coefficient (Wildman–Crippen LogP) is 1.88. The van der Waals surface area contributed by atoms with Gasteiger partial charge in [-0.3, -0.25) is 5.10 Å². The van der Waals surface area contributed by atoms with Crippen LogP contribution in [-0.4, -0.2) is 32.2 Å². The van der Waals surface area contributed by atoms with E-state index in [9.17, 15) is 4.39 Å². The van der Waals surface area contributed by atoms with Crippen molar-refractivity contribution in [1.29, 1.82) is 0 Å². The molecule has 0 amide bonds. The maximum absolute atomic E-state index is 14.3. The van der Waals surface area contributed by atoms with E-state index in [0.29, 0.717) is 25.1 Å². The monoisotopic (exact) mass is 292 g/mol. The minimum atomic E-state index is -0.313. The van der Waals surface area contributed by atoms with Crippen LogP contribution in [0.5, 0.6) is 0 Å². The zero-order chi connectivity index (χ0) is 15.3. The molecule has 0 saturated heterocycles. The molecular weight excluding hydrogens is 271 g/mol. The van der Waals surface area contributed by atoms with Crippen molar-refractivity contribution in [1.82, 2.24) is 25.5 Å². The average molecular weight is 292 g/mol. The van der Waals surface area contributed by atoms with Crippen LogP contribution in [0.4, 0.5) is 10.2 Å². The second kappa shape index (κ2) is 6.62. The summed E-state index contributed by atoms with van der Waals surface area (Å²) in [5, 5.41) is 12.8. The Balaban J connectivity index is 1.93. The van der Waals surface area contributed by atoms with Crippen LogP contribution >= 0.6 is 0 Å². The zero-order valence-corrected chi connectivity index (χ0v) is 12.6. The van der Waals surface area contributed by atoms with E-state index in [4.69, 9.17) is 0 Å². The summed E-state index contributed by atoms with van der Waals surface area (Å²) in [4.78, 5) is 8.06. The smallest absolute Gasteiger partial charge is 0.169 e. The molecule has 0 unspecified atom stereocenters. The first-order chi connectivity index (χ1) is 9.96. The van der Waals surface area contributed by atoms with E-state index in [0.717, 1.165) is 5.82 Å². The van der Waals surface area contributed by atoms with Gasteiger partial charge in [0.15, 0.2) is 11.6 Å². The summed E-state index contributed by atoms with van der Waals surface area (Å²) in [5.41, 5.74) is 0.539. The maximum atomic E-state index is 14.3.